The fourth-order valence-corrected chi connectivity index (χ4v) is 13.3. The van der Waals surface area contributed by atoms with Gasteiger partial charge in [0.1, 0.15) is 0 Å². The zero-order valence-corrected chi connectivity index (χ0v) is 36.9. The Morgan fingerprint density at radius 2 is 0.954 bits per heavy atom. The molecule has 306 valence electrons. The van der Waals surface area contributed by atoms with Gasteiger partial charge in [0.15, 0.2) is 0 Å². The average Bonchev–Trinajstić information content (AvgIpc) is 3.80. The maximum atomic E-state index is 2.50. The quantitative estimate of drug-likeness (QED) is 0.174. The molecule has 0 fully saturated rings. The Bertz CT molecular complexity index is 3800. The molecule has 10 aromatic carbocycles. The normalized spacial score (nSPS) is 16.0. The van der Waals surface area contributed by atoms with Crippen molar-refractivity contribution >= 4 is 61.4 Å². The number of hydrogen-bond donors (Lipinski definition) is 0. The standard InChI is InChI=1S/C62H42N2S/c1-61(2)50-24-9-6-21-45(50)48-36-41(30-33-51(48)61)63(42-32-35-57-49(37-42)46-22-8-12-28-56(46)64(57)40-18-4-3-5-19-40)43-31-34-54-59(38-43)65-58-29-13-11-26-53(58)62(54)52-25-10-7-20-44(52)47-23-14-16-39-17-15-27-55(62)60(39)47/h3-38H,1-2H3. The van der Waals surface area contributed by atoms with Gasteiger partial charge in [-0.2, -0.15) is 0 Å². The van der Waals surface area contributed by atoms with Crippen LogP contribution in [-0.2, 0) is 10.8 Å². The Kier molecular flexibility index (Phi) is 7.63. The van der Waals surface area contributed by atoms with Crippen molar-refractivity contribution in [1.29, 1.82) is 0 Å². The van der Waals surface area contributed by atoms with E-state index in [1.807, 2.05) is 11.8 Å². The zero-order valence-electron chi connectivity index (χ0n) is 36.1. The Morgan fingerprint density at radius 3 is 1.80 bits per heavy atom. The lowest BCUT2D eigenvalue weighted by Gasteiger charge is -2.46. The van der Waals surface area contributed by atoms with Gasteiger partial charge in [-0.3, -0.25) is 0 Å². The number of para-hydroxylation sites is 2. The molecule has 11 aromatic rings. The van der Waals surface area contributed by atoms with Gasteiger partial charge in [0.05, 0.1) is 16.4 Å². The molecule has 14 rings (SSSR count). The van der Waals surface area contributed by atoms with E-state index >= 15 is 0 Å². The van der Waals surface area contributed by atoms with E-state index in [1.54, 1.807) is 0 Å². The molecule has 65 heavy (non-hydrogen) atoms. The van der Waals surface area contributed by atoms with E-state index in [2.05, 4.69) is 242 Å². The second-order valence-electron chi connectivity index (χ2n) is 18.4. The molecule has 1 unspecified atom stereocenters. The lowest BCUT2D eigenvalue weighted by Crippen LogP contribution is -2.36. The molecule has 2 aliphatic carbocycles. The van der Waals surface area contributed by atoms with Crippen molar-refractivity contribution in [3.05, 3.63) is 252 Å². The van der Waals surface area contributed by atoms with Gasteiger partial charge in [-0.05, 0) is 133 Å². The first kappa shape index (κ1) is 36.8. The molecule has 0 N–H and O–H groups in total. The molecule has 1 spiro atoms. The number of aromatic nitrogens is 1. The Balaban J connectivity index is 1.03. The minimum absolute atomic E-state index is 0.0879. The number of hydrogen-bond acceptors (Lipinski definition) is 2. The molecule has 3 heteroatoms. The fourth-order valence-electron chi connectivity index (χ4n) is 12.1. The zero-order chi connectivity index (χ0) is 43.0. The molecule has 1 atom stereocenters. The predicted molar refractivity (Wildman–Crippen MR) is 272 cm³/mol. The van der Waals surface area contributed by atoms with Gasteiger partial charge in [0.25, 0.3) is 0 Å². The largest absolute Gasteiger partial charge is 0.310 e. The van der Waals surface area contributed by atoms with Crippen LogP contribution in [0.1, 0.15) is 47.2 Å². The molecule has 0 saturated carbocycles. The van der Waals surface area contributed by atoms with Crippen LogP contribution in [0.25, 0.3) is 60.5 Å². The lowest BCUT2D eigenvalue weighted by molar-refractivity contribution is 0.660. The number of benzene rings is 10. The topological polar surface area (TPSA) is 8.17 Å². The summed E-state index contributed by atoms with van der Waals surface area (Å²) in [6, 6.07) is 82.1. The van der Waals surface area contributed by atoms with Crippen molar-refractivity contribution in [3.63, 3.8) is 0 Å². The summed E-state index contributed by atoms with van der Waals surface area (Å²) < 4.78 is 2.40. The van der Waals surface area contributed by atoms with Gasteiger partial charge < -0.3 is 9.47 Å². The highest BCUT2D eigenvalue weighted by Gasteiger charge is 2.48. The summed E-state index contributed by atoms with van der Waals surface area (Å²) in [5.74, 6) is 0. The maximum absolute atomic E-state index is 2.50. The van der Waals surface area contributed by atoms with Gasteiger partial charge in [0, 0.05) is 48.7 Å². The minimum atomic E-state index is -0.508. The van der Waals surface area contributed by atoms with E-state index in [-0.39, 0.29) is 5.41 Å². The molecule has 0 bridgehead atoms. The summed E-state index contributed by atoms with van der Waals surface area (Å²) in [5.41, 5.74) is 19.7. The van der Waals surface area contributed by atoms with Crippen molar-refractivity contribution in [2.45, 2.75) is 34.5 Å². The highest BCUT2D eigenvalue weighted by Crippen LogP contribution is 2.62. The Hall–Kier alpha value is -7.59. The van der Waals surface area contributed by atoms with Crippen LogP contribution in [0.5, 0.6) is 0 Å². The summed E-state index contributed by atoms with van der Waals surface area (Å²) >= 11 is 1.90. The third-order valence-corrected chi connectivity index (χ3v) is 16.0. The van der Waals surface area contributed by atoms with Crippen molar-refractivity contribution in [2.24, 2.45) is 0 Å². The molecule has 1 aliphatic heterocycles. The minimum Gasteiger partial charge on any atom is -0.310 e. The van der Waals surface area contributed by atoms with Gasteiger partial charge >= 0.3 is 0 Å². The second kappa shape index (κ2) is 13.5. The molecule has 0 amide bonds. The van der Waals surface area contributed by atoms with Crippen LogP contribution in [0.15, 0.2) is 228 Å². The van der Waals surface area contributed by atoms with Gasteiger partial charge in [0.2, 0.25) is 0 Å². The molecule has 0 radical (unpaired) electrons. The van der Waals surface area contributed by atoms with Gasteiger partial charge in [-0.25, -0.2) is 0 Å². The SMILES string of the molecule is CC1(C)c2ccccc2-c2cc(N(c3ccc4c(c3)Sc3ccccc3C43c4ccccc4-c4cccc5cccc3c45)c3ccc4c(c3)c3ccccc3n4-c3ccccc3)ccc21. The van der Waals surface area contributed by atoms with Crippen molar-refractivity contribution in [2.75, 3.05) is 4.90 Å². The highest BCUT2D eigenvalue weighted by atomic mass is 32.2. The molecule has 3 aliphatic rings. The summed E-state index contributed by atoms with van der Waals surface area (Å²) in [7, 11) is 0. The van der Waals surface area contributed by atoms with Crippen molar-refractivity contribution in [3.8, 4) is 27.9 Å². The van der Waals surface area contributed by atoms with E-state index in [1.165, 1.54) is 98.0 Å². The van der Waals surface area contributed by atoms with Crippen LogP contribution in [0.2, 0.25) is 0 Å². The first-order valence-corrected chi connectivity index (χ1v) is 23.5. The Morgan fingerprint density at radius 1 is 0.385 bits per heavy atom. The average molecular weight is 847 g/mol. The van der Waals surface area contributed by atoms with Crippen LogP contribution in [-0.4, -0.2) is 4.57 Å². The first-order chi connectivity index (χ1) is 32.0. The van der Waals surface area contributed by atoms with Crippen LogP contribution >= 0.6 is 11.8 Å². The number of rotatable bonds is 4. The summed E-state index contributed by atoms with van der Waals surface area (Å²) in [6.45, 7) is 4.73. The smallest absolute Gasteiger partial charge is 0.0735 e. The van der Waals surface area contributed by atoms with E-state index in [9.17, 15) is 0 Å². The summed E-state index contributed by atoms with van der Waals surface area (Å²) in [4.78, 5) is 5.06. The van der Waals surface area contributed by atoms with Crippen molar-refractivity contribution < 1.29 is 0 Å². The maximum Gasteiger partial charge on any atom is 0.0735 e. The molecule has 1 aromatic heterocycles. The van der Waals surface area contributed by atoms with Crippen LogP contribution in [0.3, 0.4) is 0 Å². The number of anilines is 3. The fraction of sp³-hybridized carbons (Fsp3) is 0.0645. The Labute approximate surface area is 383 Å². The van der Waals surface area contributed by atoms with Gasteiger partial charge in [-0.1, -0.05) is 177 Å². The van der Waals surface area contributed by atoms with E-state index in [4.69, 9.17) is 0 Å². The molecule has 2 nitrogen and oxygen atoms in total. The summed E-state index contributed by atoms with van der Waals surface area (Å²) in [6.07, 6.45) is 0. The van der Waals surface area contributed by atoms with E-state index < -0.39 is 5.41 Å². The van der Waals surface area contributed by atoms with Crippen LogP contribution in [0, 0.1) is 0 Å². The molecular formula is C62H42N2S. The van der Waals surface area contributed by atoms with Crippen molar-refractivity contribution in [1.82, 2.24) is 4.57 Å². The molecule has 2 heterocycles. The molecular weight excluding hydrogens is 805 g/mol. The highest BCUT2D eigenvalue weighted by molar-refractivity contribution is 7.99. The monoisotopic (exact) mass is 846 g/mol. The van der Waals surface area contributed by atoms with Crippen LogP contribution < -0.4 is 4.90 Å². The first-order valence-electron chi connectivity index (χ1n) is 22.7. The van der Waals surface area contributed by atoms with Gasteiger partial charge in [-0.15, -0.1) is 0 Å². The predicted octanol–water partition coefficient (Wildman–Crippen LogP) is 16.5. The van der Waals surface area contributed by atoms with E-state index in [0.29, 0.717) is 0 Å². The lowest BCUT2D eigenvalue weighted by atomic mass is 9.59. The van der Waals surface area contributed by atoms with Crippen LogP contribution in [0.4, 0.5) is 17.1 Å². The summed E-state index contributed by atoms with van der Waals surface area (Å²) in [5, 5.41) is 5.09. The molecule has 0 saturated heterocycles. The number of fused-ring (bicyclic) bond motifs is 14. The third kappa shape index (κ3) is 4.96. The second-order valence-corrected chi connectivity index (χ2v) is 19.5. The third-order valence-electron chi connectivity index (χ3n) is 14.8. The van der Waals surface area contributed by atoms with E-state index in [0.717, 1.165) is 22.7 Å². The number of nitrogens with zero attached hydrogens (tertiary/aromatic N) is 2.